The van der Waals surface area contributed by atoms with Gasteiger partial charge in [0.25, 0.3) is 0 Å². The fraction of sp³-hybridized carbons (Fsp3) is 0.333. The van der Waals surface area contributed by atoms with E-state index in [-0.39, 0.29) is 23.7 Å². The standard InChI is InChI=1S/C30H31F3O/c1-3-5-6-20-7-9-21(10-8-20)24-15-16-25(27(31)19-24)22-11-13-23(14-12-22)26-17-18-28(34-4-2)30(33)29(26)32/h3,11-21H,1,4-10H2,2H3. The predicted octanol–water partition coefficient (Wildman–Crippen LogP) is 9.08. The topological polar surface area (TPSA) is 9.23 Å². The van der Waals surface area contributed by atoms with E-state index in [2.05, 4.69) is 6.58 Å². The molecule has 1 saturated carbocycles. The van der Waals surface area contributed by atoms with E-state index in [1.54, 1.807) is 37.3 Å². The Morgan fingerprint density at radius 3 is 2.12 bits per heavy atom. The Morgan fingerprint density at radius 2 is 1.50 bits per heavy atom. The van der Waals surface area contributed by atoms with E-state index in [0.717, 1.165) is 30.7 Å². The first kappa shape index (κ1) is 24.1. The lowest BCUT2D eigenvalue weighted by molar-refractivity contribution is 0.311. The van der Waals surface area contributed by atoms with E-state index in [9.17, 15) is 8.78 Å². The fourth-order valence-electron chi connectivity index (χ4n) is 5.01. The van der Waals surface area contributed by atoms with Crippen LogP contribution in [0.25, 0.3) is 22.3 Å². The zero-order chi connectivity index (χ0) is 24.1. The van der Waals surface area contributed by atoms with Crippen molar-refractivity contribution >= 4 is 0 Å². The van der Waals surface area contributed by atoms with Crippen molar-refractivity contribution in [2.75, 3.05) is 6.61 Å². The summed E-state index contributed by atoms with van der Waals surface area (Å²) < 4.78 is 49.0. The Morgan fingerprint density at radius 1 is 0.853 bits per heavy atom. The van der Waals surface area contributed by atoms with Gasteiger partial charge >= 0.3 is 0 Å². The average molecular weight is 465 g/mol. The molecule has 3 aromatic carbocycles. The molecular weight excluding hydrogens is 433 g/mol. The lowest BCUT2D eigenvalue weighted by atomic mass is 9.77. The molecule has 0 radical (unpaired) electrons. The molecule has 178 valence electrons. The maximum Gasteiger partial charge on any atom is 0.201 e. The molecule has 0 unspecified atom stereocenters. The molecule has 1 aliphatic carbocycles. The predicted molar refractivity (Wildman–Crippen MR) is 132 cm³/mol. The molecule has 1 aliphatic rings. The van der Waals surface area contributed by atoms with Gasteiger partial charge in [-0.1, -0.05) is 42.5 Å². The van der Waals surface area contributed by atoms with Crippen LogP contribution in [0.2, 0.25) is 0 Å². The molecule has 0 bridgehead atoms. The summed E-state index contributed by atoms with van der Waals surface area (Å²) in [6.07, 6.45) is 8.82. The number of allylic oxidation sites excluding steroid dienone is 1. The molecule has 4 heteroatoms. The number of ether oxygens (including phenoxy) is 1. The Kier molecular flexibility index (Phi) is 7.77. The van der Waals surface area contributed by atoms with E-state index in [1.165, 1.54) is 31.4 Å². The van der Waals surface area contributed by atoms with Crippen molar-refractivity contribution in [3.05, 3.63) is 90.3 Å². The number of halogens is 3. The molecule has 0 saturated heterocycles. The molecule has 4 rings (SSSR count). The van der Waals surface area contributed by atoms with Gasteiger partial charge in [-0.2, -0.15) is 4.39 Å². The highest BCUT2D eigenvalue weighted by molar-refractivity contribution is 5.71. The molecule has 0 amide bonds. The molecule has 0 N–H and O–H groups in total. The summed E-state index contributed by atoms with van der Waals surface area (Å²) in [4.78, 5) is 0. The van der Waals surface area contributed by atoms with Crippen LogP contribution >= 0.6 is 0 Å². The Balaban J connectivity index is 1.48. The molecule has 0 aromatic heterocycles. The molecule has 1 fully saturated rings. The monoisotopic (exact) mass is 464 g/mol. The summed E-state index contributed by atoms with van der Waals surface area (Å²) in [6.45, 7) is 5.78. The summed E-state index contributed by atoms with van der Waals surface area (Å²) >= 11 is 0. The molecule has 0 heterocycles. The van der Waals surface area contributed by atoms with Crippen molar-refractivity contribution in [1.82, 2.24) is 0 Å². The Labute approximate surface area is 200 Å². The van der Waals surface area contributed by atoms with Gasteiger partial charge in [0.15, 0.2) is 11.6 Å². The third kappa shape index (κ3) is 5.22. The number of hydrogen-bond acceptors (Lipinski definition) is 1. The van der Waals surface area contributed by atoms with Gasteiger partial charge < -0.3 is 4.74 Å². The minimum absolute atomic E-state index is 0.104. The van der Waals surface area contributed by atoms with E-state index in [0.29, 0.717) is 22.6 Å². The van der Waals surface area contributed by atoms with Crippen LogP contribution in [0.1, 0.15) is 56.9 Å². The van der Waals surface area contributed by atoms with Gasteiger partial charge in [-0.15, -0.1) is 6.58 Å². The van der Waals surface area contributed by atoms with Crippen molar-refractivity contribution in [1.29, 1.82) is 0 Å². The van der Waals surface area contributed by atoms with Crippen molar-refractivity contribution in [2.45, 2.75) is 51.4 Å². The minimum atomic E-state index is -1.00. The highest BCUT2D eigenvalue weighted by Gasteiger charge is 2.23. The number of rotatable bonds is 8. The van der Waals surface area contributed by atoms with Crippen LogP contribution in [0.4, 0.5) is 13.2 Å². The van der Waals surface area contributed by atoms with Crippen molar-refractivity contribution in [3.63, 3.8) is 0 Å². The van der Waals surface area contributed by atoms with E-state index >= 15 is 4.39 Å². The molecule has 0 spiro atoms. The quantitative estimate of drug-likeness (QED) is 0.302. The van der Waals surface area contributed by atoms with Gasteiger partial charge in [0, 0.05) is 11.1 Å². The van der Waals surface area contributed by atoms with Crippen LogP contribution in [-0.2, 0) is 0 Å². The summed E-state index contributed by atoms with van der Waals surface area (Å²) in [5.74, 6) is -1.15. The third-order valence-corrected chi connectivity index (χ3v) is 6.94. The summed E-state index contributed by atoms with van der Waals surface area (Å²) in [5, 5.41) is 0. The van der Waals surface area contributed by atoms with E-state index in [4.69, 9.17) is 4.74 Å². The van der Waals surface area contributed by atoms with Gasteiger partial charge in [-0.05, 0) is 92.2 Å². The lowest BCUT2D eigenvalue weighted by Gasteiger charge is -2.28. The SMILES string of the molecule is C=CCCC1CCC(c2ccc(-c3ccc(-c4ccc(OCC)c(F)c4F)cc3)c(F)c2)CC1. The molecular formula is C30H31F3O. The van der Waals surface area contributed by atoms with Crippen LogP contribution < -0.4 is 4.74 Å². The van der Waals surface area contributed by atoms with Crippen LogP contribution in [0.5, 0.6) is 5.75 Å². The fourth-order valence-corrected chi connectivity index (χ4v) is 5.01. The van der Waals surface area contributed by atoms with Crippen molar-refractivity contribution in [2.24, 2.45) is 5.92 Å². The zero-order valence-electron chi connectivity index (χ0n) is 19.6. The van der Waals surface area contributed by atoms with Crippen LogP contribution in [0.3, 0.4) is 0 Å². The number of hydrogen-bond donors (Lipinski definition) is 0. The van der Waals surface area contributed by atoms with Crippen molar-refractivity contribution in [3.8, 4) is 28.0 Å². The maximum atomic E-state index is 15.1. The first-order valence-electron chi connectivity index (χ1n) is 12.1. The second kappa shape index (κ2) is 10.9. The molecule has 0 aliphatic heterocycles. The van der Waals surface area contributed by atoms with Gasteiger partial charge in [0.05, 0.1) is 6.61 Å². The first-order chi connectivity index (χ1) is 16.5. The zero-order valence-corrected chi connectivity index (χ0v) is 19.6. The molecule has 0 atom stereocenters. The first-order valence-corrected chi connectivity index (χ1v) is 12.1. The van der Waals surface area contributed by atoms with Gasteiger partial charge in [-0.3, -0.25) is 0 Å². The second-order valence-corrected chi connectivity index (χ2v) is 9.07. The Hall–Kier alpha value is -3.01. The van der Waals surface area contributed by atoms with Crippen LogP contribution in [-0.4, -0.2) is 6.61 Å². The van der Waals surface area contributed by atoms with Gasteiger partial charge in [-0.25, -0.2) is 8.78 Å². The van der Waals surface area contributed by atoms with E-state index in [1.807, 2.05) is 18.2 Å². The van der Waals surface area contributed by atoms with Gasteiger partial charge in [0.2, 0.25) is 5.82 Å². The summed E-state index contributed by atoms with van der Waals surface area (Å²) in [7, 11) is 0. The maximum absolute atomic E-state index is 15.1. The van der Waals surface area contributed by atoms with Crippen molar-refractivity contribution < 1.29 is 17.9 Å². The average Bonchev–Trinajstić information content (AvgIpc) is 2.86. The molecule has 34 heavy (non-hydrogen) atoms. The second-order valence-electron chi connectivity index (χ2n) is 9.07. The highest BCUT2D eigenvalue weighted by Crippen LogP contribution is 2.39. The summed E-state index contributed by atoms with van der Waals surface area (Å²) in [5.41, 5.74) is 2.94. The molecule has 3 aromatic rings. The smallest absolute Gasteiger partial charge is 0.201 e. The number of benzene rings is 3. The largest absolute Gasteiger partial charge is 0.491 e. The van der Waals surface area contributed by atoms with E-state index < -0.39 is 11.6 Å². The molecule has 1 nitrogen and oxygen atoms in total. The third-order valence-electron chi connectivity index (χ3n) is 6.94. The normalized spacial score (nSPS) is 18.0. The van der Waals surface area contributed by atoms with Crippen LogP contribution in [0, 0.1) is 23.4 Å². The van der Waals surface area contributed by atoms with Gasteiger partial charge in [0.1, 0.15) is 5.82 Å². The summed E-state index contributed by atoms with van der Waals surface area (Å²) in [6, 6.07) is 15.3. The Bertz CT molecular complexity index is 1130. The van der Waals surface area contributed by atoms with Crippen LogP contribution in [0.15, 0.2) is 67.3 Å². The highest BCUT2D eigenvalue weighted by atomic mass is 19.2. The lowest BCUT2D eigenvalue weighted by Crippen LogP contribution is -2.13. The minimum Gasteiger partial charge on any atom is -0.491 e.